The molecular formula is C47H83NO13. The molecule has 1 amide bonds. The van der Waals surface area contributed by atoms with Gasteiger partial charge >= 0.3 is 0 Å². The second-order valence-corrected chi connectivity index (χ2v) is 16.5. The van der Waals surface area contributed by atoms with Crippen LogP contribution in [0.1, 0.15) is 149 Å². The van der Waals surface area contributed by atoms with Gasteiger partial charge in [0.2, 0.25) is 5.91 Å². The van der Waals surface area contributed by atoms with E-state index in [1.807, 2.05) is 0 Å². The number of amides is 1. The van der Waals surface area contributed by atoms with Crippen LogP contribution in [0, 0.1) is 0 Å². The third kappa shape index (κ3) is 22.4. The molecule has 2 aliphatic rings. The van der Waals surface area contributed by atoms with Gasteiger partial charge in [-0.2, -0.15) is 0 Å². The number of unbranched alkanes of at least 4 members (excludes halogenated alkanes) is 13. The average molecular weight is 870 g/mol. The summed E-state index contributed by atoms with van der Waals surface area (Å²) in [5, 5.41) is 86.6. The van der Waals surface area contributed by atoms with Crippen LogP contribution >= 0.6 is 0 Å². The van der Waals surface area contributed by atoms with E-state index >= 15 is 0 Å². The number of aliphatic hydroxyl groups excluding tert-OH is 8. The van der Waals surface area contributed by atoms with E-state index in [0.29, 0.717) is 12.8 Å². The lowest BCUT2D eigenvalue weighted by Gasteiger charge is -2.46. The highest BCUT2D eigenvalue weighted by atomic mass is 16.7. The highest BCUT2D eigenvalue weighted by Gasteiger charge is 2.51. The van der Waals surface area contributed by atoms with Gasteiger partial charge in [-0.25, -0.2) is 0 Å². The van der Waals surface area contributed by atoms with Crippen molar-refractivity contribution >= 4 is 5.91 Å². The third-order valence-corrected chi connectivity index (χ3v) is 11.3. The zero-order valence-corrected chi connectivity index (χ0v) is 37.1. The largest absolute Gasteiger partial charge is 0.394 e. The Kier molecular flexibility index (Phi) is 31.0. The summed E-state index contributed by atoms with van der Waals surface area (Å²) in [5.74, 6) is -0.235. The van der Waals surface area contributed by atoms with Crippen LogP contribution in [0.5, 0.6) is 0 Å². The summed E-state index contributed by atoms with van der Waals surface area (Å²) >= 11 is 0. The molecule has 14 heteroatoms. The predicted molar refractivity (Wildman–Crippen MR) is 235 cm³/mol. The molecule has 2 saturated heterocycles. The number of carbonyl (C=O) groups is 1. The minimum absolute atomic E-state index is 0.235. The van der Waals surface area contributed by atoms with Crippen LogP contribution in [-0.4, -0.2) is 140 Å². The number of rotatable bonds is 34. The Hall–Kier alpha value is -2.05. The van der Waals surface area contributed by atoms with E-state index in [2.05, 4.69) is 67.8 Å². The highest BCUT2D eigenvalue weighted by molar-refractivity contribution is 5.76. The molecule has 61 heavy (non-hydrogen) atoms. The summed E-state index contributed by atoms with van der Waals surface area (Å²) in [6.07, 6.45) is 21.2. The summed E-state index contributed by atoms with van der Waals surface area (Å²) in [4.78, 5) is 13.1. The van der Waals surface area contributed by atoms with Gasteiger partial charge < -0.3 is 65.1 Å². The molecule has 2 heterocycles. The Labute approximate surface area is 365 Å². The summed E-state index contributed by atoms with van der Waals surface area (Å²) in [5.41, 5.74) is 0. The molecule has 0 aliphatic carbocycles. The zero-order valence-electron chi connectivity index (χ0n) is 37.1. The molecule has 2 rings (SSSR count). The molecule has 0 saturated carbocycles. The van der Waals surface area contributed by atoms with Gasteiger partial charge in [0, 0.05) is 6.42 Å². The summed E-state index contributed by atoms with van der Waals surface area (Å²) < 4.78 is 22.7. The van der Waals surface area contributed by atoms with Crippen molar-refractivity contribution in [2.24, 2.45) is 0 Å². The lowest BCUT2D eigenvalue weighted by atomic mass is 9.97. The Morgan fingerprint density at radius 3 is 1.74 bits per heavy atom. The van der Waals surface area contributed by atoms with Gasteiger partial charge in [0.15, 0.2) is 12.6 Å². The second kappa shape index (κ2) is 34.4. The number of aliphatic hydroxyl groups is 8. The van der Waals surface area contributed by atoms with E-state index in [4.69, 9.17) is 18.9 Å². The lowest BCUT2D eigenvalue weighted by molar-refractivity contribution is -0.359. The van der Waals surface area contributed by atoms with Crippen LogP contribution in [0.3, 0.4) is 0 Å². The van der Waals surface area contributed by atoms with Gasteiger partial charge in [-0.15, -0.1) is 0 Å². The zero-order chi connectivity index (χ0) is 44.7. The van der Waals surface area contributed by atoms with Crippen molar-refractivity contribution in [3.8, 4) is 0 Å². The molecule has 14 nitrogen and oxygen atoms in total. The summed E-state index contributed by atoms with van der Waals surface area (Å²) in [6.45, 7) is 2.67. The van der Waals surface area contributed by atoms with E-state index in [9.17, 15) is 45.6 Å². The Morgan fingerprint density at radius 1 is 0.607 bits per heavy atom. The number of hydrogen-bond donors (Lipinski definition) is 9. The van der Waals surface area contributed by atoms with Crippen LogP contribution in [-0.2, 0) is 23.7 Å². The number of nitrogens with one attached hydrogen (secondary N) is 1. The van der Waals surface area contributed by atoms with E-state index < -0.39 is 86.8 Å². The van der Waals surface area contributed by atoms with Crippen molar-refractivity contribution in [3.63, 3.8) is 0 Å². The highest BCUT2D eigenvalue weighted by Crippen LogP contribution is 2.30. The Morgan fingerprint density at radius 2 is 1.13 bits per heavy atom. The van der Waals surface area contributed by atoms with Crippen molar-refractivity contribution in [2.45, 2.75) is 222 Å². The Bertz CT molecular complexity index is 1210. The lowest BCUT2D eigenvalue weighted by Crippen LogP contribution is -2.65. The fourth-order valence-corrected chi connectivity index (χ4v) is 7.46. The molecule has 0 aromatic rings. The van der Waals surface area contributed by atoms with Gasteiger partial charge in [-0.3, -0.25) is 4.79 Å². The molecule has 2 fully saturated rings. The molecule has 0 radical (unpaired) electrons. The quantitative estimate of drug-likeness (QED) is 0.0309. The molecule has 2 aliphatic heterocycles. The summed E-state index contributed by atoms with van der Waals surface area (Å²) in [6, 6.07) is -0.840. The van der Waals surface area contributed by atoms with E-state index in [-0.39, 0.29) is 18.9 Å². The fraction of sp³-hybridized carbons (Fsp3) is 0.809. The molecule has 12 unspecified atom stereocenters. The molecule has 0 aromatic heterocycles. The van der Waals surface area contributed by atoms with E-state index in [1.165, 1.54) is 38.5 Å². The minimum Gasteiger partial charge on any atom is -0.394 e. The predicted octanol–water partition coefficient (Wildman–Crippen LogP) is 4.93. The average Bonchev–Trinajstić information content (AvgIpc) is 3.26. The van der Waals surface area contributed by atoms with Gasteiger partial charge in [0.25, 0.3) is 0 Å². The van der Waals surface area contributed by atoms with Gasteiger partial charge in [0.1, 0.15) is 48.8 Å². The molecule has 0 spiro atoms. The second-order valence-electron chi connectivity index (χ2n) is 16.5. The maximum absolute atomic E-state index is 13.1. The van der Waals surface area contributed by atoms with Crippen molar-refractivity contribution < 1.29 is 64.6 Å². The van der Waals surface area contributed by atoms with Crippen molar-refractivity contribution in [1.29, 1.82) is 0 Å². The molecule has 9 N–H and O–H groups in total. The first-order chi connectivity index (χ1) is 29.6. The molecule has 354 valence electrons. The number of ether oxygens (including phenoxy) is 4. The molecular weight excluding hydrogens is 787 g/mol. The van der Waals surface area contributed by atoms with Crippen LogP contribution in [0.25, 0.3) is 0 Å². The standard InChI is InChI=1S/C47H83NO13/c1-3-5-7-9-11-13-15-16-17-18-19-20-21-23-25-27-29-31-39(52)48-35(36(51)30-28-26-24-22-14-12-10-8-6-4-2)34-58-46-44(57)42(55)45(38(33-50)60-46)61-47-43(56)41(54)40(53)37(32-49)59-47/h5,7,11,13,16-17,19-20,35-38,40-47,49-51,53-57H,3-4,6,8-10,12,14-15,18,21-34H2,1-2H3,(H,48,52)/b7-5-,13-11-,17-16-,20-19-. The van der Waals surface area contributed by atoms with Crippen LogP contribution in [0.2, 0.25) is 0 Å². The van der Waals surface area contributed by atoms with Crippen molar-refractivity contribution in [3.05, 3.63) is 48.6 Å². The van der Waals surface area contributed by atoms with Gasteiger partial charge in [-0.1, -0.05) is 140 Å². The number of hydrogen-bond acceptors (Lipinski definition) is 13. The third-order valence-electron chi connectivity index (χ3n) is 11.3. The Balaban J connectivity index is 1.87. The van der Waals surface area contributed by atoms with Crippen LogP contribution < -0.4 is 5.32 Å². The van der Waals surface area contributed by atoms with Crippen molar-refractivity contribution in [1.82, 2.24) is 5.32 Å². The molecule has 12 atom stereocenters. The van der Waals surface area contributed by atoms with Crippen LogP contribution in [0.4, 0.5) is 0 Å². The first-order valence-corrected chi connectivity index (χ1v) is 23.4. The van der Waals surface area contributed by atoms with E-state index in [0.717, 1.165) is 77.0 Å². The summed E-state index contributed by atoms with van der Waals surface area (Å²) in [7, 11) is 0. The van der Waals surface area contributed by atoms with Crippen LogP contribution in [0.15, 0.2) is 48.6 Å². The molecule has 0 aromatic carbocycles. The number of allylic oxidation sites excluding steroid dienone is 8. The SMILES string of the molecule is CC/C=C\C/C=C\C/C=C\C/C=C\CCCCCCC(=O)NC(COC1OC(CO)C(OC2OC(CO)C(O)C(O)C2O)C(O)C1O)C(O)CCCCCCCCCCCC. The fourth-order valence-electron chi connectivity index (χ4n) is 7.46. The monoisotopic (exact) mass is 870 g/mol. The van der Waals surface area contributed by atoms with E-state index in [1.54, 1.807) is 0 Å². The topological polar surface area (TPSA) is 228 Å². The van der Waals surface area contributed by atoms with Crippen molar-refractivity contribution in [2.75, 3.05) is 19.8 Å². The molecule has 0 bridgehead atoms. The first-order valence-electron chi connectivity index (χ1n) is 23.4. The van der Waals surface area contributed by atoms with Gasteiger partial charge in [-0.05, 0) is 51.4 Å². The minimum atomic E-state index is -1.78. The maximum atomic E-state index is 13.1. The maximum Gasteiger partial charge on any atom is 0.220 e. The number of carbonyl (C=O) groups excluding carboxylic acids is 1. The first kappa shape index (κ1) is 55.1. The van der Waals surface area contributed by atoms with Gasteiger partial charge in [0.05, 0.1) is 32.0 Å². The normalized spacial score (nSPS) is 28.4. The smallest absolute Gasteiger partial charge is 0.220 e.